The van der Waals surface area contributed by atoms with E-state index in [2.05, 4.69) is 15.2 Å². The number of hydrogen-bond acceptors (Lipinski definition) is 4. The average Bonchev–Trinajstić information content (AvgIpc) is 2.89. The number of nitrogen functional groups attached to an aromatic ring is 1. The number of nitrogens with zero attached hydrogens (tertiary/aromatic N) is 4. The predicted octanol–water partition coefficient (Wildman–Crippen LogP) is 1.07. The number of benzene rings is 1. The Balaban J connectivity index is 1.91. The van der Waals surface area contributed by atoms with Crippen LogP contribution >= 0.6 is 0 Å². The van der Waals surface area contributed by atoms with Gasteiger partial charge in [-0.2, -0.15) is 0 Å². The number of rotatable bonds is 2. The molecule has 84 valence electrons. The van der Waals surface area contributed by atoms with Gasteiger partial charge >= 0.3 is 0 Å². The van der Waals surface area contributed by atoms with E-state index in [1.165, 1.54) is 12.8 Å². The van der Waals surface area contributed by atoms with Crippen LogP contribution in [0.5, 0.6) is 0 Å². The number of aromatic nitrogens is 3. The van der Waals surface area contributed by atoms with E-state index in [1.54, 1.807) is 0 Å². The zero-order valence-electron chi connectivity index (χ0n) is 9.13. The lowest BCUT2D eigenvalue weighted by molar-refractivity contribution is 0.257. The molecule has 1 aromatic heterocycles. The molecule has 5 nitrogen and oxygen atoms in total. The first-order chi connectivity index (χ1) is 7.83. The van der Waals surface area contributed by atoms with Crippen LogP contribution < -0.4 is 5.73 Å². The Morgan fingerprint density at radius 1 is 1.25 bits per heavy atom. The number of likely N-dealkylation sites (tertiary alicyclic amines) is 1. The largest absolute Gasteiger partial charge is 0.399 e. The molecule has 2 aromatic rings. The van der Waals surface area contributed by atoms with Gasteiger partial charge in [0, 0.05) is 5.69 Å². The van der Waals surface area contributed by atoms with Crippen molar-refractivity contribution in [3.8, 4) is 0 Å². The van der Waals surface area contributed by atoms with Crippen molar-refractivity contribution in [2.45, 2.75) is 19.5 Å². The number of fused-ring (bicyclic) bond motifs is 1. The van der Waals surface area contributed by atoms with Crippen LogP contribution in [0.15, 0.2) is 18.2 Å². The van der Waals surface area contributed by atoms with Crippen LogP contribution in [0.1, 0.15) is 12.8 Å². The van der Waals surface area contributed by atoms with E-state index < -0.39 is 0 Å². The quantitative estimate of drug-likeness (QED) is 0.764. The van der Waals surface area contributed by atoms with Crippen LogP contribution in [-0.4, -0.2) is 33.0 Å². The van der Waals surface area contributed by atoms with Crippen molar-refractivity contribution in [3.05, 3.63) is 18.2 Å². The second kappa shape index (κ2) is 3.75. The molecule has 1 aliphatic heterocycles. The summed E-state index contributed by atoms with van der Waals surface area (Å²) in [5.74, 6) is 0. The fourth-order valence-electron chi connectivity index (χ4n) is 2.21. The van der Waals surface area contributed by atoms with Gasteiger partial charge in [-0.25, -0.2) is 4.68 Å². The van der Waals surface area contributed by atoms with Crippen LogP contribution in [0.2, 0.25) is 0 Å². The van der Waals surface area contributed by atoms with Crippen LogP contribution in [-0.2, 0) is 6.67 Å². The summed E-state index contributed by atoms with van der Waals surface area (Å²) in [6.45, 7) is 3.16. The highest BCUT2D eigenvalue weighted by Gasteiger charge is 2.13. The van der Waals surface area contributed by atoms with Crippen molar-refractivity contribution in [1.29, 1.82) is 0 Å². The molecule has 0 saturated carbocycles. The Morgan fingerprint density at radius 3 is 2.88 bits per heavy atom. The Morgan fingerprint density at radius 2 is 2.06 bits per heavy atom. The summed E-state index contributed by atoms with van der Waals surface area (Å²) >= 11 is 0. The van der Waals surface area contributed by atoms with E-state index in [0.717, 1.165) is 36.5 Å². The molecule has 1 aliphatic rings. The minimum atomic E-state index is 0.737. The van der Waals surface area contributed by atoms with Gasteiger partial charge in [0.25, 0.3) is 0 Å². The normalized spacial score (nSPS) is 17.2. The van der Waals surface area contributed by atoms with Crippen molar-refractivity contribution in [2.75, 3.05) is 18.8 Å². The van der Waals surface area contributed by atoms with E-state index in [-0.39, 0.29) is 0 Å². The molecule has 0 aliphatic carbocycles. The number of nitrogens with two attached hydrogens (primary N) is 1. The molecule has 0 bridgehead atoms. The number of anilines is 1. The fourth-order valence-corrected chi connectivity index (χ4v) is 2.21. The molecule has 2 heterocycles. The van der Waals surface area contributed by atoms with E-state index in [0.29, 0.717) is 0 Å². The molecule has 0 unspecified atom stereocenters. The van der Waals surface area contributed by atoms with Gasteiger partial charge in [-0.05, 0) is 44.1 Å². The zero-order chi connectivity index (χ0) is 11.0. The zero-order valence-corrected chi connectivity index (χ0v) is 9.13. The van der Waals surface area contributed by atoms with Crippen molar-refractivity contribution in [2.24, 2.45) is 0 Å². The maximum atomic E-state index is 5.71. The van der Waals surface area contributed by atoms with Crippen LogP contribution in [0.4, 0.5) is 5.69 Å². The topological polar surface area (TPSA) is 60.0 Å². The monoisotopic (exact) mass is 217 g/mol. The third kappa shape index (κ3) is 1.63. The first kappa shape index (κ1) is 9.59. The molecule has 3 rings (SSSR count). The van der Waals surface area contributed by atoms with E-state index in [9.17, 15) is 0 Å². The standard InChI is InChI=1S/C11H15N5/c12-9-3-4-11-10(7-9)13-14-16(11)8-15-5-1-2-6-15/h3-4,7H,1-2,5-6,8,12H2. The molecule has 0 spiro atoms. The molecule has 0 radical (unpaired) electrons. The highest BCUT2D eigenvalue weighted by atomic mass is 15.5. The van der Waals surface area contributed by atoms with Gasteiger partial charge < -0.3 is 5.73 Å². The molecule has 1 aromatic carbocycles. The molecule has 16 heavy (non-hydrogen) atoms. The third-order valence-electron chi connectivity index (χ3n) is 3.07. The van der Waals surface area contributed by atoms with Gasteiger partial charge in [0.05, 0.1) is 12.2 Å². The maximum Gasteiger partial charge on any atom is 0.115 e. The maximum absolute atomic E-state index is 5.71. The van der Waals surface area contributed by atoms with Crippen LogP contribution in [0, 0.1) is 0 Å². The Kier molecular flexibility index (Phi) is 2.25. The summed E-state index contributed by atoms with van der Waals surface area (Å²) in [7, 11) is 0. The minimum Gasteiger partial charge on any atom is -0.399 e. The first-order valence-corrected chi connectivity index (χ1v) is 5.64. The molecule has 5 heteroatoms. The lowest BCUT2D eigenvalue weighted by atomic mass is 10.3. The molecule has 2 N–H and O–H groups in total. The lowest BCUT2D eigenvalue weighted by Gasteiger charge is -2.14. The SMILES string of the molecule is Nc1ccc2c(c1)nnn2CN1CCCC1. The Labute approximate surface area is 93.8 Å². The molecule has 1 fully saturated rings. The van der Waals surface area contributed by atoms with E-state index in [4.69, 9.17) is 5.73 Å². The van der Waals surface area contributed by atoms with Crippen molar-refractivity contribution < 1.29 is 0 Å². The van der Waals surface area contributed by atoms with Gasteiger partial charge in [0.15, 0.2) is 0 Å². The van der Waals surface area contributed by atoms with Crippen molar-refractivity contribution in [1.82, 2.24) is 19.9 Å². The second-order valence-electron chi connectivity index (χ2n) is 4.30. The summed E-state index contributed by atoms with van der Waals surface area (Å²) in [5, 5.41) is 8.30. The Bertz CT molecular complexity index is 498. The summed E-state index contributed by atoms with van der Waals surface area (Å²) in [6, 6.07) is 5.75. The Hall–Kier alpha value is -1.62. The summed E-state index contributed by atoms with van der Waals surface area (Å²) < 4.78 is 1.94. The van der Waals surface area contributed by atoms with Crippen molar-refractivity contribution >= 4 is 16.7 Å². The second-order valence-corrected chi connectivity index (χ2v) is 4.30. The number of hydrogen-bond donors (Lipinski definition) is 1. The highest BCUT2D eigenvalue weighted by molar-refractivity contribution is 5.77. The molecule has 0 amide bonds. The van der Waals surface area contributed by atoms with Crippen LogP contribution in [0.25, 0.3) is 11.0 Å². The third-order valence-corrected chi connectivity index (χ3v) is 3.07. The summed E-state index contributed by atoms with van der Waals surface area (Å²) in [6.07, 6.45) is 2.58. The van der Waals surface area contributed by atoms with Gasteiger partial charge in [0.2, 0.25) is 0 Å². The molecular formula is C11H15N5. The van der Waals surface area contributed by atoms with Gasteiger partial charge in [-0.3, -0.25) is 4.90 Å². The fraction of sp³-hybridized carbons (Fsp3) is 0.455. The van der Waals surface area contributed by atoms with Gasteiger partial charge in [0.1, 0.15) is 5.52 Å². The average molecular weight is 217 g/mol. The van der Waals surface area contributed by atoms with E-state index in [1.807, 2.05) is 22.9 Å². The highest BCUT2D eigenvalue weighted by Crippen LogP contribution is 2.16. The molecule has 0 atom stereocenters. The molecule has 1 saturated heterocycles. The molecular weight excluding hydrogens is 202 g/mol. The smallest absolute Gasteiger partial charge is 0.115 e. The first-order valence-electron chi connectivity index (χ1n) is 5.64. The van der Waals surface area contributed by atoms with E-state index >= 15 is 0 Å². The summed E-state index contributed by atoms with van der Waals surface area (Å²) in [4.78, 5) is 2.39. The van der Waals surface area contributed by atoms with Crippen molar-refractivity contribution in [3.63, 3.8) is 0 Å². The van der Waals surface area contributed by atoms with Gasteiger partial charge in [-0.1, -0.05) is 5.21 Å². The van der Waals surface area contributed by atoms with Gasteiger partial charge in [-0.15, -0.1) is 5.10 Å². The van der Waals surface area contributed by atoms with Crippen LogP contribution in [0.3, 0.4) is 0 Å². The summed E-state index contributed by atoms with van der Waals surface area (Å²) in [5.41, 5.74) is 8.38. The minimum absolute atomic E-state index is 0.737. The predicted molar refractivity (Wildman–Crippen MR) is 62.7 cm³/mol. The lowest BCUT2D eigenvalue weighted by Crippen LogP contribution is -2.23.